The lowest BCUT2D eigenvalue weighted by Gasteiger charge is -2.18. The first-order chi connectivity index (χ1) is 10.2. The highest BCUT2D eigenvalue weighted by molar-refractivity contribution is 5.87. The molecule has 0 saturated carbocycles. The van der Waals surface area contributed by atoms with E-state index < -0.39 is 0 Å². The van der Waals surface area contributed by atoms with E-state index in [1.807, 2.05) is 12.1 Å². The maximum absolute atomic E-state index is 12.2. The van der Waals surface area contributed by atoms with E-state index in [4.69, 9.17) is 0 Å². The predicted molar refractivity (Wildman–Crippen MR) is 93.4 cm³/mol. The minimum atomic E-state index is 0. The van der Waals surface area contributed by atoms with Gasteiger partial charge in [0.05, 0.1) is 6.04 Å². The zero-order valence-electron chi connectivity index (χ0n) is 12.8. The van der Waals surface area contributed by atoms with Gasteiger partial charge in [0.15, 0.2) is 0 Å². The molecule has 4 heteroatoms. The number of nitrogens with one attached hydrogen (secondary N) is 2. The van der Waals surface area contributed by atoms with Gasteiger partial charge in [-0.25, -0.2) is 0 Å². The van der Waals surface area contributed by atoms with E-state index in [0.29, 0.717) is 12.5 Å². The number of fused-ring (bicyclic) bond motifs is 1. The molecular weight excluding hydrogens is 296 g/mol. The Kier molecular flexibility index (Phi) is 5.81. The van der Waals surface area contributed by atoms with Gasteiger partial charge >= 0.3 is 0 Å². The molecule has 2 N–H and O–H groups in total. The van der Waals surface area contributed by atoms with Crippen LogP contribution in [-0.2, 0) is 4.79 Å². The summed E-state index contributed by atoms with van der Waals surface area (Å²) in [5.74, 6) is 0.134. The molecule has 1 heterocycles. The predicted octanol–water partition coefficient (Wildman–Crippen LogP) is 3.58. The Morgan fingerprint density at radius 3 is 2.82 bits per heavy atom. The number of rotatable bonds is 4. The molecule has 0 spiro atoms. The smallest absolute Gasteiger partial charge is 0.222 e. The van der Waals surface area contributed by atoms with Gasteiger partial charge in [-0.3, -0.25) is 4.79 Å². The largest absolute Gasteiger partial charge is 0.350 e. The molecule has 2 aromatic rings. The average Bonchev–Trinajstić information content (AvgIpc) is 2.99. The van der Waals surface area contributed by atoms with Gasteiger partial charge in [-0.05, 0) is 42.6 Å². The van der Waals surface area contributed by atoms with E-state index in [9.17, 15) is 4.79 Å². The van der Waals surface area contributed by atoms with Crippen molar-refractivity contribution in [2.45, 2.75) is 38.3 Å². The summed E-state index contributed by atoms with van der Waals surface area (Å²) in [6.07, 6.45) is 2.86. The van der Waals surface area contributed by atoms with Crippen molar-refractivity contribution in [2.75, 3.05) is 6.54 Å². The molecule has 118 valence electrons. The van der Waals surface area contributed by atoms with E-state index in [1.54, 1.807) is 0 Å². The molecule has 1 fully saturated rings. The number of halogens is 1. The van der Waals surface area contributed by atoms with Crippen LogP contribution in [0.15, 0.2) is 42.5 Å². The van der Waals surface area contributed by atoms with Crippen molar-refractivity contribution >= 4 is 29.1 Å². The normalized spacial score (nSPS) is 18.7. The third-order valence-electron chi connectivity index (χ3n) is 4.26. The van der Waals surface area contributed by atoms with Crippen LogP contribution in [0.5, 0.6) is 0 Å². The molecule has 3 rings (SSSR count). The van der Waals surface area contributed by atoms with Crippen molar-refractivity contribution in [3.05, 3.63) is 48.0 Å². The van der Waals surface area contributed by atoms with Crippen molar-refractivity contribution in [3.8, 4) is 0 Å². The zero-order chi connectivity index (χ0) is 14.7. The highest BCUT2D eigenvalue weighted by Crippen LogP contribution is 2.24. The number of carbonyl (C=O) groups excluding carboxylic acids is 1. The van der Waals surface area contributed by atoms with Crippen LogP contribution in [0.3, 0.4) is 0 Å². The quantitative estimate of drug-likeness (QED) is 0.904. The van der Waals surface area contributed by atoms with Gasteiger partial charge < -0.3 is 10.6 Å². The molecule has 2 atom stereocenters. The molecule has 0 aliphatic carbocycles. The van der Waals surface area contributed by atoms with Gasteiger partial charge in [-0.2, -0.15) is 0 Å². The molecule has 2 aromatic carbocycles. The Labute approximate surface area is 137 Å². The molecule has 1 saturated heterocycles. The number of hydrogen-bond acceptors (Lipinski definition) is 2. The number of hydrogen-bond donors (Lipinski definition) is 2. The Morgan fingerprint density at radius 2 is 2.05 bits per heavy atom. The maximum Gasteiger partial charge on any atom is 0.222 e. The fourth-order valence-electron chi connectivity index (χ4n) is 3.16. The summed E-state index contributed by atoms with van der Waals surface area (Å²) in [7, 11) is 0. The van der Waals surface area contributed by atoms with E-state index in [-0.39, 0.29) is 24.4 Å². The van der Waals surface area contributed by atoms with Crippen LogP contribution < -0.4 is 10.6 Å². The minimum Gasteiger partial charge on any atom is -0.350 e. The molecule has 0 bridgehead atoms. The lowest BCUT2D eigenvalue weighted by molar-refractivity contribution is -0.122. The second kappa shape index (κ2) is 7.61. The summed E-state index contributed by atoms with van der Waals surface area (Å²) >= 11 is 0. The second-order valence-corrected chi connectivity index (χ2v) is 5.85. The molecule has 3 nitrogen and oxygen atoms in total. The van der Waals surface area contributed by atoms with Crippen LogP contribution in [0.25, 0.3) is 10.8 Å². The standard InChI is InChI=1S/C18H22N2O.ClH/c1-13(20-18(21)12-15-8-5-11-19-15)16-10-4-7-14-6-2-3-9-17(14)16;/h2-4,6-7,9-10,13,15,19H,5,8,11-12H2,1H3,(H,20,21);1H. The van der Waals surface area contributed by atoms with Crippen molar-refractivity contribution in [2.24, 2.45) is 0 Å². The van der Waals surface area contributed by atoms with Crippen LogP contribution >= 0.6 is 12.4 Å². The lowest BCUT2D eigenvalue weighted by Crippen LogP contribution is -2.33. The topological polar surface area (TPSA) is 41.1 Å². The van der Waals surface area contributed by atoms with Crippen LogP contribution in [0.4, 0.5) is 0 Å². The average molecular weight is 319 g/mol. The van der Waals surface area contributed by atoms with Crippen molar-refractivity contribution in [1.29, 1.82) is 0 Å². The first-order valence-electron chi connectivity index (χ1n) is 7.74. The number of carbonyl (C=O) groups is 1. The van der Waals surface area contributed by atoms with E-state index in [1.165, 1.54) is 22.8 Å². The molecule has 1 aliphatic heterocycles. The lowest BCUT2D eigenvalue weighted by atomic mass is 9.99. The first kappa shape index (κ1) is 16.8. The summed E-state index contributed by atoms with van der Waals surface area (Å²) in [5.41, 5.74) is 1.18. The van der Waals surface area contributed by atoms with Crippen LogP contribution in [0, 0.1) is 0 Å². The third kappa shape index (κ3) is 3.79. The minimum absolute atomic E-state index is 0. The molecule has 2 unspecified atom stereocenters. The Morgan fingerprint density at radius 1 is 1.27 bits per heavy atom. The monoisotopic (exact) mass is 318 g/mol. The zero-order valence-corrected chi connectivity index (χ0v) is 13.7. The summed E-state index contributed by atoms with van der Waals surface area (Å²) in [6.45, 7) is 3.10. The summed E-state index contributed by atoms with van der Waals surface area (Å²) < 4.78 is 0. The SMILES string of the molecule is CC(NC(=O)CC1CCCN1)c1cccc2ccccc12.Cl. The fraction of sp³-hybridized carbons (Fsp3) is 0.389. The van der Waals surface area contributed by atoms with Crippen molar-refractivity contribution in [3.63, 3.8) is 0 Å². The molecule has 0 aromatic heterocycles. The molecular formula is C18H23ClN2O. The van der Waals surface area contributed by atoms with Crippen LogP contribution in [0.2, 0.25) is 0 Å². The van der Waals surface area contributed by atoms with Gasteiger partial charge in [0, 0.05) is 12.5 Å². The van der Waals surface area contributed by atoms with Crippen molar-refractivity contribution < 1.29 is 4.79 Å². The van der Waals surface area contributed by atoms with Crippen LogP contribution in [0.1, 0.15) is 37.8 Å². The van der Waals surface area contributed by atoms with E-state index >= 15 is 0 Å². The number of amides is 1. The van der Waals surface area contributed by atoms with E-state index in [2.05, 4.69) is 47.9 Å². The fourth-order valence-corrected chi connectivity index (χ4v) is 3.16. The Bertz CT molecular complexity index is 633. The number of benzene rings is 2. The van der Waals surface area contributed by atoms with E-state index in [0.717, 1.165) is 13.0 Å². The van der Waals surface area contributed by atoms with Gasteiger partial charge in [0.25, 0.3) is 0 Å². The first-order valence-corrected chi connectivity index (χ1v) is 7.74. The summed E-state index contributed by atoms with van der Waals surface area (Å²) in [6, 6.07) is 15.0. The van der Waals surface area contributed by atoms with Crippen molar-refractivity contribution in [1.82, 2.24) is 10.6 Å². The van der Waals surface area contributed by atoms with Crippen LogP contribution in [-0.4, -0.2) is 18.5 Å². The summed E-state index contributed by atoms with van der Waals surface area (Å²) in [4.78, 5) is 12.2. The molecule has 22 heavy (non-hydrogen) atoms. The highest BCUT2D eigenvalue weighted by Gasteiger charge is 2.19. The summed E-state index contributed by atoms with van der Waals surface area (Å²) in [5, 5.41) is 8.94. The molecule has 1 aliphatic rings. The molecule has 0 radical (unpaired) electrons. The van der Waals surface area contributed by atoms with Gasteiger partial charge in [0.2, 0.25) is 5.91 Å². The van der Waals surface area contributed by atoms with Gasteiger partial charge in [-0.15, -0.1) is 12.4 Å². The maximum atomic E-state index is 12.2. The Hall–Kier alpha value is -1.58. The van der Waals surface area contributed by atoms with Gasteiger partial charge in [-0.1, -0.05) is 42.5 Å². The molecule has 1 amide bonds. The van der Waals surface area contributed by atoms with Gasteiger partial charge in [0.1, 0.15) is 0 Å². The Balaban J connectivity index is 0.00000176. The second-order valence-electron chi connectivity index (χ2n) is 5.85. The third-order valence-corrected chi connectivity index (χ3v) is 4.26. The highest BCUT2D eigenvalue weighted by atomic mass is 35.5.